The van der Waals surface area contributed by atoms with E-state index < -0.39 is 5.97 Å². The lowest BCUT2D eigenvalue weighted by Crippen LogP contribution is -2.03. The van der Waals surface area contributed by atoms with Gasteiger partial charge in [0, 0.05) is 11.3 Å². The molecule has 0 saturated heterocycles. The van der Waals surface area contributed by atoms with Crippen LogP contribution in [-0.4, -0.2) is 23.9 Å². The third-order valence-corrected chi connectivity index (χ3v) is 2.10. The quantitative estimate of drug-likeness (QED) is 0.588. The van der Waals surface area contributed by atoms with Crippen LogP contribution in [0.3, 0.4) is 0 Å². The largest absolute Gasteiger partial charge is 0.507 e. The summed E-state index contributed by atoms with van der Waals surface area (Å²) in [4.78, 5) is 11.1. The molecule has 0 aliphatic heterocycles. The van der Waals surface area contributed by atoms with E-state index in [4.69, 9.17) is 5.41 Å². The number of aromatic hydroxyl groups is 1. The maximum absolute atomic E-state index is 11.1. The van der Waals surface area contributed by atoms with Crippen molar-refractivity contribution >= 4 is 11.7 Å². The van der Waals surface area contributed by atoms with E-state index in [1.807, 2.05) is 6.92 Å². The maximum atomic E-state index is 11.1. The van der Waals surface area contributed by atoms with Crippen molar-refractivity contribution in [2.45, 2.75) is 13.3 Å². The highest BCUT2D eigenvalue weighted by atomic mass is 16.5. The summed E-state index contributed by atoms with van der Waals surface area (Å²) in [5.41, 5.74) is 1.07. The Balaban J connectivity index is 3.08. The van der Waals surface area contributed by atoms with Gasteiger partial charge in [0.25, 0.3) is 0 Å². The van der Waals surface area contributed by atoms with Gasteiger partial charge in [-0.05, 0) is 24.6 Å². The molecule has 0 aliphatic carbocycles. The van der Waals surface area contributed by atoms with Gasteiger partial charge in [0.2, 0.25) is 0 Å². The van der Waals surface area contributed by atoms with Gasteiger partial charge in [-0.2, -0.15) is 0 Å². The number of carbonyl (C=O) groups excluding carboxylic acids is 1. The Morgan fingerprint density at radius 1 is 1.53 bits per heavy atom. The standard InChI is InChI=1S/C11H13NO3/c1-3-9(12)8-5-4-7(6-10(8)13)11(14)15-2/h4-6,12-13H,3H2,1-2H3. The molecule has 0 amide bonds. The maximum Gasteiger partial charge on any atom is 0.337 e. The Kier molecular flexibility index (Phi) is 3.44. The number of esters is 1. The van der Waals surface area contributed by atoms with E-state index in [1.165, 1.54) is 19.2 Å². The molecule has 80 valence electrons. The molecule has 0 radical (unpaired) electrons. The number of carbonyl (C=O) groups is 1. The number of hydrogen-bond donors (Lipinski definition) is 2. The highest BCUT2D eigenvalue weighted by Crippen LogP contribution is 2.20. The number of phenolic OH excluding ortho intramolecular Hbond substituents is 1. The topological polar surface area (TPSA) is 70.4 Å². The fraction of sp³-hybridized carbons (Fsp3) is 0.273. The molecular weight excluding hydrogens is 194 g/mol. The molecule has 2 N–H and O–H groups in total. The van der Waals surface area contributed by atoms with E-state index in [9.17, 15) is 9.90 Å². The van der Waals surface area contributed by atoms with Crippen molar-refractivity contribution in [2.75, 3.05) is 7.11 Å². The first-order chi connectivity index (χ1) is 7.10. The smallest absolute Gasteiger partial charge is 0.337 e. The van der Waals surface area contributed by atoms with E-state index in [0.29, 0.717) is 17.7 Å². The summed E-state index contributed by atoms with van der Waals surface area (Å²) in [7, 11) is 1.28. The zero-order valence-electron chi connectivity index (χ0n) is 8.70. The molecule has 15 heavy (non-hydrogen) atoms. The van der Waals surface area contributed by atoms with Crippen LogP contribution in [0.4, 0.5) is 0 Å². The fourth-order valence-electron chi connectivity index (χ4n) is 1.22. The SMILES string of the molecule is CCC(=N)c1ccc(C(=O)OC)cc1O. The van der Waals surface area contributed by atoms with Crippen molar-refractivity contribution in [2.24, 2.45) is 0 Å². The molecule has 1 aromatic carbocycles. The van der Waals surface area contributed by atoms with Crippen molar-refractivity contribution in [3.8, 4) is 5.75 Å². The van der Waals surface area contributed by atoms with Gasteiger partial charge in [-0.15, -0.1) is 0 Å². The molecule has 1 rings (SSSR count). The summed E-state index contributed by atoms with van der Waals surface area (Å²) in [6.45, 7) is 1.83. The molecule has 4 nitrogen and oxygen atoms in total. The molecule has 0 saturated carbocycles. The number of benzene rings is 1. The number of rotatable bonds is 3. The lowest BCUT2D eigenvalue weighted by atomic mass is 10.0. The van der Waals surface area contributed by atoms with Gasteiger partial charge in [-0.25, -0.2) is 4.79 Å². The molecule has 0 unspecified atom stereocenters. The van der Waals surface area contributed by atoms with Gasteiger partial charge in [-0.3, -0.25) is 0 Å². The first-order valence-corrected chi connectivity index (χ1v) is 4.59. The Bertz CT molecular complexity index is 399. The molecular formula is C11H13NO3. The predicted octanol–water partition coefficient (Wildman–Crippen LogP) is 1.96. The van der Waals surface area contributed by atoms with E-state index >= 15 is 0 Å². The van der Waals surface area contributed by atoms with Crippen LogP contribution in [0.15, 0.2) is 18.2 Å². The highest BCUT2D eigenvalue weighted by Gasteiger charge is 2.10. The minimum atomic E-state index is -0.500. The minimum absolute atomic E-state index is 0.0650. The second kappa shape index (κ2) is 4.59. The normalized spacial score (nSPS) is 9.73. The number of methoxy groups -OCH3 is 1. The molecule has 0 heterocycles. The molecule has 0 atom stereocenters. The van der Waals surface area contributed by atoms with Crippen LogP contribution in [0, 0.1) is 5.41 Å². The molecule has 0 fully saturated rings. The summed E-state index contributed by atoms with van der Waals surface area (Å²) >= 11 is 0. The van der Waals surface area contributed by atoms with Crippen molar-refractivity contribution in [1.82, 2.24) is 0 Å². The van der Waals surface area contributed by atoms with Crippen molar-refractivity contribution in [3.63, 3.8) is 0 Å². The first-order valence-electron chi connectivity index (χ1n) is 4.59. The lowest BCUT2D eigenvalue weighted by Gasteiger charge is -2.06. The molecule has 0 aliphatic rings. The average molecular weight is 207 g/mol. The second-order valence-electron chi connectivity index (χ2n) is 3.06. The van der Waals surface area contributed by atoms with Crippen LogP contribution < -0.4 is 0 Å². The van der Waals surface area contributed by atoms with Gasteiger partial charge in [0.1, 0.15) is 5.75 Å². The number of ether oxygens (including phenoxy) is 1. The summed E-state index contributed by atoms with van der Waals surface area (Å²) in [6.07, 6.45) is 0.533. The Morgan fingerprint density at radius 2 is 2.20 bits per heavy atom. The van der Waals surface area contributed by atoms with Crippen molar-refractivity contribution < 1.29 is 14.6 Å². The van der Waals surface area contributed by atoms with Crippen LogP contribution in [-0.2, 0) is 4.74 Å². The van der Waals surface area contributed by atoms with E-state index in [2.05, 4.69) is 4.74 Å². The van der Waals surface area contributed by atoms with E-state index in [1.54, 1.807) is 6.07 Å². The summed E-state index contributed by atoms with van der Waals surface area (Å²) in [5.74, 6) is -0.565. The third kappa shape index (κ3) is 2.34. The van der Waals surface area contributed by atoms with Gasteiger partial charge < -0.3 is 15.3 Å². The molecule has 1 aromatic rings. The zero-order chi connectivity index (χ0) is 11.4. The van der Waals surface area contributed by atoms with E-state index in [0.717, 1.165) is 0 Å². The molecule has 0 bridgehead atoms. The van der Waals surface area contributed by atoms with Crippen LogP contribution in [0.1, 0.15) is 29.3 Å². The molecule has 0 aromatic heterocycles. The predicted molar refractivity (Wildman–Crippen MR) is 56.6 cm³/mol. The summed E-state index contributed by atoms with van der Waals surface area (Å²) in [5, 5.41) is 17.2. The van der Waals surface area contributed by atoms with Crippen LogP contribution in [0.25, 0.3) is 0 Å². The number of nitrogens with one attached hydrogen (secondary N) is 1. The minimum Gasteiger partial charge on any atom is -0.507 e. The third-order valence-electron chi connectivity index (χ3n) is 2.10. The number of hydrogen-bond acceptors (Lipinski definition) is 4. The van der Waals surface area contributed by atoms with Crippen LogP contribution >= 0.6 is 0 Å². The van der Waals surface area contributed by atoms with Gasteiger partial charge >= 0.3 is 5.97 Å². The summed E-state index contributed by atoms with van der Waals surface area (Å²) in [6, 6.07) is 4.39. The Morgan fingerprint density at radius 3 is 2.67 bits per heavy atom. The number of phenols is 1. The van der Waals surface area contributed by atoms with Gasteiger partial charge in [-0.1, -0.05) is 6.92 Å². The van der Waals surface area contributed by atoms with Crippen LogP contribution in [0.5, 0.6) is 5.75 Å². The van der Waals surface area contributed by atoms with E-state index in [-0.39, 0.29) is 11.3 Å². The van der Waals surface area contributed by atoms with Gasteiger partial charge in [0.15, 0.2) is 0 Å². The first kappa shape index (κ1) is 11.2. The average Bonchev–Trinajstić information content (AvgIpc) is 2.26. The van der Waals surface area contributed by atoms with Crippen LogP contribution in [0.2, 0.25) is 0 Å². The summed E-state index contributed by atoms with van der Waals surface area (Å²) < 4.78 is 4.51. The second-order valence-corrected chi connectivity index (χ2v) is 3.06. The fourth-order valence-corrected chi connectivity index (χ4v) is 1.22. The Hall–Kier alpha value is -1.84. The Labute approximate surface area is 88.0 Å². The lowest BCUT2D eigenvalue weighted by molar-refractivity contribution is 0.0600. The molecule has 0 spiro atoms. The monoisotopic (exact) mass is 207 g/mol. The van der Waals surface area contributed by atoms with Gasteiger partial charge in [0.05, 0.1) is 12.7 Å². The van der Waals surface area contributed by atoms with Crippen molar-refractivity contribution in [3.05, 3.63) is 29.3 Å². The highest BCUT2D eigenvalue weighted by molar-refractivity contribution is 6.01. The van der Waals surface area contributed by atoms with Crippen molar-refractivity contribution in [1.29, 1.82) is 5.41 Å². The molecule has 4 heteroatoms. The zero-order valence-corrected chi connectivity index (χ0v) is 8.70.